The summed E-state index contributed by atoms with van der Waals surface area (Å²) in [5.74, 6) is -1.53. The molecule has 0 saturated heterocycles. The van der Waals surface area contributed by atoms with Crippen molar-refractivity contribution in [3.63, 3.8) is 0 Å². The molecule has 0 unspecified atom stereocenters. The highest BCUT2D eigenvalue weighted by Gasteiger charge is 2.27. The van der Waals surface area contributed by atoms with Gasteiger partial charge in [-0.1, -0.05) is 13.8 Å². The highest BCUT2D eigenvalue weighted by atomic mass is 32.2. The summed E-state index contributed by atoms with van der Waals surface area (Å²) in [5, 5.41) is 10.1. The van der Waals surface area contributed by atoms with Crippen LogP contribution in [0.5, 0.6) is 5.75 Å². The van der Waals surface area contributed by atoms with Gasteiger partial charge in [-0.25, -0.2) is 18.4 Å². The number of amides is 2. The van der Waals surface area contributed by atoms with Crippen molar-refractivity contribution in [2.24, 2.45) is 11.1 Å². The van der Waals surface area contributed by atoms with Crippen molar-refractivity contribution in [2.75, 3.05) is 18.5 Å². The van der Waals surface area contributed by atoms with E-state index in [2.05, 4.69) is 10.6 Å². The summed E-state index contributed by atoms with van der Waals surface area (Å²) < 4.78 is 32.9. The maximum Gasteiger partial charge on any atom is 0.329 e. The van der Waals surface area contributed by atoms with Gasteiger partial charge in [-0.2, -0.15) is 0 Å². The van der Waals surface area contributed by atoms with E-state index in [0.29, 0.717) is 23.6 Å². The molecule has 2 rings (SSSR count). The van der Waals surface area contributed by atoms with Crippen molar-refractivity contribution in [3.05, 3.63) is 54.1 Å². The number of esters is 1. The molecule has 0 bridgehead atoms. The van der Waals surface area contributed by atoms with Gasteiger partial charge in [-0.3, -0.25) is 9.59 Å². The average molecular weight is 478 g/mol. The van der Waals surface area contributed by atoms with Crippen LogP contribution < -0.4 is 20.5 Å². The van der Waals surface area contributed by atoms with Crippen LogP contribution in [0.3, 0.4) is 0 Å². The fraction of sp³-hybridized carbons (Fsp3) is 0.318. The molecule has 0 aliphatic heterocycles. The van der Waals surface area contributed by atoms with Crippen molar-refractivity contribution in [1.82, 2.24) is 5.32 Å². The van der Waals surface area contributed by atoms with Crippen LogP contribution in [0.4, 0.5) is 5.69 Å². The molecule has 0 heterocycles. The van der Waals surface area contributed by atoms with Gasteiger partial charge in [0.25, 0.3) is 11.8 Å². The topological polar surface area (TPSA) is 154 Å². The maximum atomic E-state index is 12.5. The van der Waals surface area contributed by atoms with E-state index < -0.39 is 40.5 Å². The Labute approximate surface area is 192 Å². The molecule has 178 valence electrons. The Hall–Kier alpha value is -3.44. The lowest BCUT2D eigenvalue weighted by Gasteiger charge is -2.21. The molecule has 0 aromatic heterocycles. The number of ether oxygens (including phenoxy) is 2. The summed E-state index contributed by atoms with van der Waals surface area (Å²) in [6.07, 6.45) is 0. The molecule has 0 aliphatic carbocycles. The third-order valence-electron chi connectivity index (χ3n) is 4.45. The van der Waals surface area contributed by atoms with Crippen LogP contribution in [-0.2, 0) is 24.3 Å². The fourth-order valence-corrected chi connectivity index (χ4v) is 3.26. The Morgan fingerprint density at radius 2 is 1.61 bits per heavy atom. The van der Waals surface area contributed by atoms with E-state index >= 15 is 0 Å². The molecule has 4 N–H and O–H groups in total. The number of nitrogens with one attached hydrogen (secondary N) is 2. The zero-order valence-corrected chi connectivity index (χ0v) is 19.3. The first-order chi connectivity index (χ1) is 15.5. The van der Waals surface area contributed by atoms with Crippen LogP contribution in [0.1, 0.15) is 31.1 Å². The Morgan fingerprint density at radius 1 is 1.00 bits per heavy atom. The van der Waals surface area contributed by atoms with Gasteiger partial charge in [0.2, 0.25) is 10.0 Å². The van der Waals surface area contributed by atoms with Gasteiger partial charge in [-0.05, 0) is 61.4 Å². The molecule has 2 aromatic rings. The number of hydrogen-bond donors (Lipinski definition) is 3. The molecule has 1 atom stereocenters. The third kappa shape index (κ3) is 7.88. The van der Waals surface area contributed by atoms with E-state index in [1.165, 1.54) is 24.3 Å². The number of rotatable bonds is 10. The maximum absolute atomic E-state index is 12.5. The minimum absolute atomic E-state index is 0.102. The molecule has 11 heteroatoms. The van der Waals surface area contributed by atoms with Crippen LogP contribution in [0.25, 0.3) is 0 Å². The Bertz CT molecular complexity index is 1080. The fourth-order valence-electron chi connectivity index (χ4n) is 2.74. The lowest BCUT2D eigenvalue weighted by Crippen LogP contribution is -2.45. The number of nitrogens with two attached hydrogens (primary N) is 1. The quantitative estimate of drug-likeness (QED) is 0.440. The summed E-state index contributed by atoms with van der Waals surface area (Å²) in [4.78, 5) is 37.0. The summed E-state index contributed by atoms with van der Waals surface area (Å²) >= 11 is 0. The number of sulfonamides is 1. The monoisotopic (exact) mass is 477 g/mol. The number of anilines is 1. The Kier molecular flexibility index (Phi) is 8.94. The first kappa shape index (κ1) is 25.8. The first-order valence-corrected chi connectivity index (χ1v) is 11.7. The van der Waals surface area contributed by atoms with E-state index in [4.69, 9.17) is 14.6 Å². The van der Waals surface area contributed by atoms with Crippen LogP contribution in [0.15, 0.2) is 53.4 Å². The molecule has 2 aromatic carbocycles. The average Bonchev–Trinajstić information content (AvgIpc) is 2.76. The Balaban J connectivity index is 1.92. The van der Waals surface area contributed by atoms with Gasteiger partial charge in [0.1, 0.15) is 11.8 Å². The van der Waals surface area contributed by atoms with Gasteiger partial charge in [0.15, 0.2) is 6.61 Å². The largest absolute Gasteiger partial charge is 0.494 e. The molecule has 10 nitrogen and oxygen atoms in total. The second kappa shape index (κ2) is 11.4. The molecular weight excluding hydrogens is 450 g/mol. The van der Waals surface area contributed by atoms with Crippen LogP contribution in [-0.4, -0.2) is 45.5 Å². The number of carbonyl (C=O) groups excluding carboxylic acids is 3. The standard InChI is InChI=1S/C22H27N3O7S/c1-4-31-17-9-5-15(6-10-17)21(27)25-20(14(2)3)22(28)32-13-19(26)24-16-7-11-18(12-8-16)33(23,29)30/h5-12,14,20H,4,13H2,1-3H3,(H,24,26)(H,25,27)(H2,23,29,30)/t20-/m0/s1. The number of hydrogen-bond acceptors (Lipinski definition) is 7. The molecule has 0 spiro atoms. The summed E-state index contributed by atoms with van der Waals surface area (Å²) in [6, 6.07) is 10.7. The van der Waals surface area contributed by atoms with Crippen molar-refractivity contribution >= 4 is 33.5 Å². The normalized spacial score (nSPS) is 12.0. The van der Waals surface area contributed by atoms with E-state index in [1.54, 1.807) is 38.1 Å². The molecule has 2 amide bonds. The van der Waals surface area contributed by atoms with Gasteiger partial charge in [0, 0.05) is 11.3 Å². The second-order valence-electron chi connectivity index (χ2n) is 7.38. The van der Waals surface area contributed by atoms with Crippen LogP contribution in [0, 0.1) is 5.92 Å². The van der Waals surface area contributed by atoms with E-state index in [-0.39, 0.29) is 10.8 Å². The Morgan fingerprint density at radius 3 is 2.12 bits per heavy atom. The van der Waals surface area contributed by atoms with Gasteiger partial charge < -0.3 is 20.1 Å². The lowest BCUT2D eigenvalue weighted by atomic mass is 10.0. The zero-order valence-electron chi connectivity index (χ0n) is 18.5. The smallest absolute Gasteiger partial charge is 0.329 e. The molecule has 0 saturated carbocycles. The van der Waals surface area contributed by atoms with Crippen LogP contribution >= 0.6 is 0 Å². The van der Waals surface area contributed by atoms with E-state index in [9.17, 15) is 22.8 Å². The first-order valence-electron chi connectivity index (χ1n) is 10.1. The molecule has 0 radical (unpaired) electrons. The third-order valence-corrected chi connectivity index (χ3v) is 5.38. The molecular formula is C22H27N3O7S. The molecule has 33 heavy (non-hydrogen) atoms. The summed E-state index contributed by atoms with van der Waals surface area (Å²) in [5.41, 5.74) is 0.644. The van der Waals surface area contributed by atoms with Crippen LogP contribution in [0.2, 0.25) is 0 Å². The lowest BCUT2D eigenvalue weighted by molar-refractivity contribution is -0.150. The number of carbonyl (C=O) groups is 3. The SMILES string of the molecule is CCOc1ccc(C(=O)N[C@H](C(=O)OCC(=O)Nc2ccc(S(N)(=O)=O)cc2)C(C)C)cc1. The van der Waals surface area contributed by atoms with Crippen molar-refractivity contribution in [2.45, 2.75) is 31.7 Å². The molecule has 0 aliphatic rings. The van der Waals surface area contributed by atoms with E-state index in [1.807, 2.05) is 6.92 Å². The summed E-state index contributed by atoms with van der Waals surface area (Å²) in [7, 11) is -3.85. The predicted molar refractivity (Wildman–Crippen MR) is 121 cm³/mol. The zero-order chi connectivity index (χ0) is 24.6. The van der Waals surface area contributed by atoms with Gasteiger partial charge in [-0.15, -0.1) is 0 Å². The minimum atomic E-state index is -3.85. The predicted octanol–water partition coefficient (Wildman–Crippen LogP) is 1.67. The highest BCUT2D eigenvalue weighted by molar-refractivity contribution is 7.89. The van der Waals surface area contributed by atoms with E-state index in [0.717, 1.165) is 0 Å². The summed E-state index contributed by atoms with van der Waals surface area (Å²) in [6.45, 7) is 5.23. The molecule has 0 fully saturated rings. The number of benzene rings is 2. The highest BCUT2D eigenvalue weighted by Crippen LogP contribution is 2.14. The van der Waals surface area contributed by atoms with Crippen molar-refractivity contribution < 1.29 is 32.3 Å². The second-order valence-corrected chi connectivity index (χ2v) is 8.94. The minimum Gasteiger partial charge on any atom is -0.494 e. The van der Waals surface area contributed by atoms with Crippen molar-refractivity contribution in [1.29, 1.82) is 0 Å². The number of primary sulfonamides is 1. The van der Waals surface area contributed by atoms with Crippen molar-refractivity contribution in [3.8, 4) is 5.75 Å². The van der Waals surface area contributed by atoms with Gasteiger partial charge in [0.05, 0.1) is 11.5 Å². The van der Waals surface area contributed by atoms with Gasteiger partial charge >= 0.3 is 5.97 Å².